The lowest BCUT2D eigenvalue weighted by Gasteiger charge is -2.23. The molecule has 2 heterocycles. The molecule has 0 aliphatic carbocycles. The number of benzene rings is 2. The molecule has 1 saturated heterocycles. The van der Waals surface area contributed by atoms with E-state index in [0.29, 0.717) is 23.8 Å². The van der Waals surface area contributed by atoms with Crippen LogP contribution in [0.4, 0.5) is 5.13 Å². The molecule has 0 saturated carbocycles. The summed E-state index contributed by atoms with van der Waals surface area (Å²) in [4.78, 5) is 21.2. The van der Waals surface area contributed by atoms with Crippen molar-refractivity contribution >= 4 is 54.2 Å². The normalized spacial score (nSPS) is 16.6. The van der Waals surface area contributed by atoms with Gasteiger partial charge in [-0.25, -0.2) is 13.4 Å². The zero-order chi connectivity index (χ0) is 22.0. The molecule has 6 nitrogen and oxygen atoms in total. The van der Waals surface area contributed by atoms with Gasteiger partial charge in [0.2, 0.25) is 0 Å². The predicted octanol–water partition coefficient (Wildman–Crippen LogP) is 4.64. The van der Waals surface area contributed by atoms with Crippen LogP contribution in [0, 0.1) is 0 Å². The van der Waals surface area contributed by atoms with Crippen molar-refractivity contribution < 1.29 is 17.9 Å². The zero-order valence-electron chi connectivity index (χ0n) is 17.4. The molecule has 0 N–H and O–H groups in total. The minimum absolute atomic E-state index is 0.0227. The number of nitrogens with zero attached hydrogens (tertiary/aromatic N) is 2. The maximum absolute atomic E-state index is 13.5. The van der Waals surface area contributed by atoms with Crippen LogP contribution in [-0.2, 0) is 14.6 Å². The van der Waals surface area contributed by atoms with Gasteiger partial charge < -0.3 is 4.74 Å². The lowest BCUT2D eigenvalue weighted by Crippen LogP contribution is -2.37. The number of carbonyl (C=O) groups excluding carboxylic acids is 1. The van der Waals surface area contributed by atoms with Gasteiger partial charge in [-0.3, -0.25) is 9.69 Å². The molecule has 0 bridgehead atoms. The molecule has 2 aromatic carbocycles. The van der Waals surface area contributed by atoms with E-state index in [1.54, 1.807) is 35.7 Å². The van der Waals surface area contributed by atoms with Gasteiger partial charge >= 0.3 is 0 Å². The van der Waals surface area contributed by atoms with Crippen molar-refractivity contribution in [2.75, 3.05) is 30.1 Å². The topological polar surface area (TPSA) is 76.6 Å². The molecular weight excluding hydrogens is 452 g/mol. The van der Waals surface area contributed by atoms with E-state index in [2.05, 4.69) is 0 Å². The highest BCUT2D eigenvalue weighted by molar-refractivity contribution is 7.98. The number of para-hydroxylation sites is 1. The minimum Gasteiger partial charge on any atom is -0.376 e. The van der Waals surface area contributed by atoms with E-state index in [9.17, 15) is 13.2 Å². The van der Waals surface area contributed by atoms with E-state index in [0.717, 1.165) is 28.0 Å². The van der Waals surface area contributed by atoms with Crippen LogP contribution in [0.2, 0.25) is 0 Å². The SMILES string of the molecule is CCS(=O)(=O)c1ccc(C(=O)N(CC2CCCO2)c2nc3c(SC)cccc3s2)cc1. The number of thioether (sulfide) groups is 1. The summed E-state index contributed by atoms with van der Waals surface area (Å²) in [6.07, 6.45) is 3.86. The first kappa shape index (κ1) is 22.3. The summed E-state index contributed by atoms with van der Waals surface area (Å²) in [6.45, 7) is 2.72. The maximum atomic E-state index is 13.5. The number of anilines is 1. The Hall–Kier alpha value is -1.94. The van der Waals surface area contributed by atoms with E-state index in [1.807, 2.05) is 24.5 Å². The minimum atomic E-state index is -3.31. The molecule has 3 aromatic rings. The number of carbonyl (C=O) groups is 1. The van der Waals surface area contributed by atoms with Crippen molar-refractivity contribution in [3.05, 3.63) is 48.0 Å². The van der Waals surface area contributed by atoms with Gasteiger partial charge in [-0.1, -0.05) is 24.3 Å². The number of hydrogen-bond acceptors (Lipinski definition) is 7. The number of fused-ring (bicyclic) bond motifs is 1. The summed E-state index contributed by atoms with van der Waals surface area (Å²) >= 11 is 3.11. The Bertz CT molecular complexity index is 1180. The zero-order valence-corrected chi connectivity index (χ0v) is 19.9. The third kappa shape index (κ3) is 4.64. The number of hydrogen-bond donors (Lipinski definition) is 0. The highest BCUT2D eigenvalue weighted by Crippen LogP contribution is 2.35. The van der Waals surface area contributed by atoms with E-state index >= 15 is 0 Å². The highest BCUT2D eigenvalue weighted by atomic mass is 32.2. The lowest BCUT2D eigenvalue weighted by atomic mass is 10.2. The first-order valence-electron chi connectivity index (χ1n) is 10.1. The molecule has 164 valence electrons. The summed E-state index contributed by atoms with van der Waals surface area (Å²) in [5.41, 5.74) is 1.32. The van der Waals surface area contributed by atoms with Crippen LogP contribution in [0.3, 0.4) is 0 Å². The summed E-state index contributed by atoms with van der Waals surface area (Å²) < 4.78 is 31.0. The van der Waals surface area contributed by atoms with Gasteiger partial charge in [-0.15, -0.1) is 11.8 Å². The summed E-state index contributed by atoms with van der Waals surface area (Å²) in [5.74, 6) is -0.185. The van der Waals surface area contributed by atoms with Crippen molar-refractivity contribution in [3.8, 4) is 0 Å². The summed E-state index contributed by atoms with van der Waals surface area (Å²) in [7, 11) is -3.31. The van der Waals surface area contributed by atoms with Gasteiger partial charge in [0.1, 0.15) is 0 Å². The van der Waals surface area contributed by atoms with Gasteiger partial charge in [0.25, 0.3) is 5.91 Å². The largest absolute Gasteiger partial charge is 0.376 e. The van der Waals surface area contributed by atoms with Gasteiger partial charge in [-0.05, 0) is 55.5 Å². The Morgan fingerprint density at radius 2 is 2.03 bits per heavy atom. The van der Waals surface area contributed by atoms with Gasteiger partial charge in [-0.2, -0.15) is 0 Å². The van der Waals surface area contributed by atoms with E-state index < -0.39 is 9.84 Å². The Labute approximate surface area is 190 Å². The number of ether oxygens (including phenoxy) is 1. The van der Waals surface area contributed by atoms with Crippen LogP contribution >= 0.6 is 23.1 Å². The van der Waals surface area contributed by atoms with Crippen LogP contribution in [0.1, 0.15) is 30.1 Å². The number of aromatic nitrogens is 1. The van der Waals surface area contributed by atoms with Crippen LogP contribution < -0.4 is 4.90 Å². The molecule has 4 rings (SSSR count). The smallest absolute Gasteiger partial charge is 0.260 e. The second-order valence-electron chi connectivity index (χ2n) is 7.28. The molecule has 1 atom stereocenters. The highest BCUT2D eigenvalue weighted by Gasteiger charge is 2.27. The van der Waals surface area contributed by atoms with Crippen molar-refractivity contribution in [2.24, 2.45) is 0 Å². The molecule has 0 radical (unpaired) electrons. The fourth-order valence-electron chi connectivity index (χ4n) is 3.56. The predicted molar refractivity (Wildman–Crippen MR) is 126 cm³/mol. The van der Waals surface area contributed by atoms with Crippen molar-refractivity contribution in [1.29, 1.82) is 0 Å². The molecule has 1 amide bonds. The van der Waals surface area contributed by atoms with Gasteiger partial charge in [0.15, 0.2) is 15.0 Å². The van der Waals surface area contributed by atoms with Gasteiger partial charge in [0.05, 0.1) is 33.5 Å². The Morgan fingerprint density at radius 3 is 2.68 bits per heavy atom. The molecule has 0 spiro atoms. The van der Waals surface area contributed by atoms with Crippen LogP contribution in [-0.4, -0.2) is 50.6 Å². The standard InChI is InChI=1S/C22H24N2O4S3/c1-3-31(26,27)17-11-9-15(10-12-17)21(25)24(14-16-6-5-13-28-16)22-23-20-18(29-2)7-4-8-19(20)30-22/h4,7-12,16H,3,5-6,13-14H2,1-2H3. The Balaban J connectivity index is 1.70. The Kier molecular flexibility index (Phi) is 6.66. The molecule has 1 aliphatic rings. The van der Waals surface area contributed by atoms with Crippen molar-refractivity contribution in [3.63, 3.8) is 0 Å². The molecule has 1 aliphatic heterocycles. The van der Waals surface area contributed by atoms with Crippen LogP contribution in [0.15, 0.2) is 52.3 Å². The molecule has 1 fully saturated rings. The average Bonchev–Trinajstić information content (AvgIpc) is 3.46. The second-order valence-corrected chi connectivity index (χ2v) is 11.4. The third-order valence-corrected chi connectivity index (χ3v) is 8.88. The molecule has 31 heavy (non-hydrogen) atoms. The van der Waals surface area contributed by atoms with Crippen LogP contribution in [0.5, 0.6) is 0 Å². The summed E-state index contributed by atoms with van der Waals surface area (Å²) in [5, 5.41) is 0.627. The summed E-state index contributed by atoms with van der Waals surface area (Å²) in [6, 6.07) is 12.2. The number of sulfone groups is 1. The van der Waals surface area contributed by atoms with Crippen LogP contribution in [0.25, 0.3) is 10.2 Å². The number of rotatable bonds is 7. The fraction of sp³-hybridized carbons (Fsp3) is 0.364. The van der Waals surface area contributed by atoms with E-state index in [1.165, 1.54) is 23.5 Å². The Morgan fingerprint density at radius 1 is 1.26 bits per heavy atom. The first-order valence-corrected chi connectivity index (χ1v) is 13.8. The van der Waals surface area contributed by atoms with Crippen molar-refractivity contribution in [1.82, 2.24) is 4.98 Å². The number of amides is 1. The maximum Gasteiger partial charge on any atom is 0.260 e. The van der Waals surface area contributed by atoms with Crippen molar-refractivity contribution in [2.45, 2.75) is 35.7 Å². The lowest BCUT2D eigenvalue weighted by molar-refractivity contribution is 0.0917. The van der Waals surface area contributed by atoms with E-state index in [-0.39, 0.29) is 22.7 Å². The quantitative estimate of drug-likeness (QED) is 0.463. The first-order chi connectivity index (χ1) is 14.9. The second kappa shape index (κ2) is 9.28. The molecule has 9 heteroatoms. The van der Waals surface area contributed by atoms with E-state index in [4.69, 9.17) is 9.72 Å². The molecular formula is C22H24N2O4S3. The molecule has 1 aromatic heterocycles. The fourth-order valence-corrected chi connectivity index (χ4v) is 6.07. The average molecular weight is 477 g/mol. The van der Waals surface area contributed by atoms with Gasteiger partial charge in [0, 0.05) is 17.1 Å². The third-order valence-electron chi connectivity index (χ3n) is 5.32. The monoisotopic (exact) mass is 476 g/mol. The number of thiazole rings is 1. The molecule has 1 unspecified atom stereocenters.